The van der Waals surface area contributed by atoms with Crippen molar-refractivity contribution in [2.24, 2.45) is 5.41 Å². The first-order valence-corrected chi connectivity index (χ1v) is 10.3. The highest BCUT2D eigenvalue weighted by atomic mass is 16.5. The summed E-state index contributed by atoms with van der Waals surface area (Å²) >= 11 is 0. The molecule has 0 aromatic heterocycles. The molecule has 160 valence electrons. The molecule has 6 nitrogen and oxygen atoms in total. The fraction of sp³-hybridized carbons (Fsp3) is 0.458. The minimum Gasteiger partial charge on any atom is -0.465 e. The first kappa shape index (κ1) is 21.8. The van der Waals surface area contributed by atoms with Gasteiger partial charge in [0.25, 0.3) is 0 Å². The fourth-order valence-corrected chi connectivity index (χ4v) is 4.24. The quantitative estimate of drug-likeness (QED) is 0.737. The van der Waals surface area contributed by atoms with Crippen molar-refractivity contribution >= 4 is 17.7 Å². The van der Waals surface area contributed by atoms with Crippen molar-refractivity contribution in [1.29, 1.82) is 0 Å². The van der Waals surface area contributed by atoms with Gasteiger partial charge in [0.15, 0.2) is 5.78 Å². The molecule has 0 fully saturated rings. The Morgan fingerprint density at radius 1 is 1.13 bits per heavy atom. The lowest BCUT2D eigenvalue weighted by Gasteiger charge is -2.39. The molecule has 0 spiro atoms. The third kappa shape index (κ3) is 4.18. The number of hydrogen-bond acceptors (Lipinski definition) is 6. The molecule has 0 amide bonds. The van der Waals surface area contributed by atoms with Crippen LogP contribution in [-0.4, -0.2) is 31.4 Å². The number of allylic oxidation sites excluding steroid dienone is 3. The predicted octanol–water partition coefficient (Wildman–Crippen LogP) is 4.03. The number of carbonyl (C=O) groups is 3. The Bertz CT molecular complexity index is 937. The molecule has 0 unspecified atom stereocenters. The van der Waals surface area contributed by atoms with Crippen molar-refractivity contribution in [3.8, 4) is 0 Å². The third-order valence-corrected chi connectivity index (χ3v) is 5.56. The van der Waals surface area contributed by atoms with Crippen LogP contribution in [0, 0.1) is 5.41 Å². The van der Waals surface area contributed by atoms with Gasteiger partial charge in [-0.2, -0.15) is 0 Å². The summed E-state index contributed by atoms with van der Waals surface area (Å²) in [5.41, 5.74) is 3.66. The topological polar surface area (TPSA) is 81.7 Å². The Kier molecular flexibility index (Phi) is 6.15. The molecular weight excluding hydrogens is 382 g/mol. The molecule has 6 heteroatoms. The number of rotatable bonds is 5. The van der Waals surface area contributed by atoms with Gasteiger partial charge < -0.3 is 14.8 Å². The van der Waals surface area contributed by atoms with E-state index in [2.05, 4.69) is 19.2 Å². The molecule has 1 aliphatic heterocycles. The minimum absolute atomic E-state index is 0.0316. The Morgan fingerprint density at radius 2 is 1.80 bits per heavy atom. The van der Waals surface area contributed by atoms with Crippen LogP contribution < -0.4 is 5.32 Å². The lowest BCUT2D eigenvalue weighted by Crippen LogP contribution is -2.38. The summed E-state index contributed by atoms with van der Waals surface area (Å²) in [4.78, 5) is 38.0. The van der Waals surface area contributed by atoms with Crippen LogP contribution in [0.2, 0.25) is 0 Å². The van der Waals surface area contributed by atoms with Gasteiger partial charge in [0.05, 0.1) is 24.9 Å². The lowest BCUT2D eigenvalue weighted by atomic mass is 9.68. The van der Waals surface area contributed by atoms with Gasteiger partial charge in [-0.25, -0.2) is 9.59 Å². The first-order chi connectivity index (χ1) is 14.2. The number of benzene rings is 1. The smallest absolute Gasteiger partial charge is 0.337 e. The van der Waals surface area contributed by atoms with E-state index in [9.17, 15) is 14.4 Å². The van der Waals surface area contributed by atoms with E-state index in [1.165, 1.54) is 7.11 Å². The van der Waals surface area contributed by atoms with Crippen molar-refractivity contribution in [3.63, 3.8) is 0 Å². The molecule has 1 aromatic rings. The van der Waals surface area contributed by atoms with Crippen molar-refractivity contribution < 1.29 is 23.9 Å². The van der Waals surface area contributed by atoms with Crippen LogP contribution in [0.15, 0.2) is 46.8 Å². The first-order valence-electron chi connectivity index (χ1n) is 10.3. The van der Waals surface area contributed by atoms with E-state index >= 15 is 0 Å². The molecule has 2 aliphatic rings. The van der Waals surface area contributed by atoms with E-state index in [1.54, 1.807) is 24.3 Å². The molecule has 0 radical (unpaired) electrons. The van der Waals surface area contributed by atoms with E-state index < -0.39 is 17.9 Å². The highest BCUT2D eigenvalue weighted by molar-refractivity contribution is 6.04. The fourth-order valence-electron chi connectivity index (χ4n) is 4.24. The van der Waals surface area contributed by atoms with Gasteiger partial charge in [-0.3, -0.25) is 4.79 Å². The van der Waals surface area contributed by atoms with Gasteiger partial charge in [0.1, 0.15) is 0 Å². The maximum atomic E-state index is 13.2. The predicted molar refractivity (Wildman–Crippen MR) is 113 cm³/mol. The minimum atomic E-state index is -0.527. The second-order valence-electron chi connectivity index (χ2n) is 8.68. The number of esters is 2. The Hall–Kier alpha value is -2.89. The van der Waals surface area contributed by atoms with E-state index in [1.807, 2.05) is 13.8 Å². The number of hydrogen-bond donors (Lipinski definition) is 1. The van der Waals surface area contributed by atoms with Gasteiger partial charge in [-0.1, -0.05) is 32.9 Å². The van der Waals surface area contributed by atoms with Gasteiger partial charge in [-0.05, 0) is 42.9 Å². The SMILES string of the molecule is CCCOC(=O)C1=C(C)NC2=C(C(=O)CC(C)(C)C2)[C@@H]1c1ccc(C(=O)OC)cc1. The zero-order valence-electron chi connectivity index (χ0n) is 18.3. The Labute approximate surface area is 177 Å². The van der Waals surface area contributed by atoms with Crippen LogP contribution >= 0.6 is 0 Å². The summed E-state index contributed by atoms with van der Waals surface area (Å²) in [7, 11) is 1.33. The van der Waals surface area contributed by atoms with Crippen molar-refractivity contribution in [3.05, 3.63) is 57.9 Å². The largest absolute Gasteiger partial charge is 0.465 e. The normalized spacial score (nSPS) is 20.4. The number of Topliss-reactive ketones (excluding diaryl/α,β-unsaturated/α-hetero) is 1. The molecule has 0 saturated carbocycles. The molecule has 0 bridgehead atoms. The summed E-state index contributed by atoms with van der Waals surface area (Å²) < 4.78 is 10.2. The molecule has 1 aromatic carbocycles. The van der Waals surface area contributed by atoms with E-state index in [0.717, 1.165) is 17.7 Å². The van der Waals surface area contributed by atoms with Crippen LogP contribution in [0.4, 0.5) is 0 Å². The highest BCUT2D eigenvalue weighted by Crippen LogP contribution is 2.46. The highest BCUT2D eigenvalue weighted by Gasteiger charge is 2.43. The van der Waals surface area contributed by atoms with Crippen molar-refractivity contribution in [1.82, 2.24) is 5.32 Å². The second kappa shape index (κ2) is 8.46. The molecule has 3 rings (SSSR count). The standard InChI is InChI=1S/C24H29NO5/c1-6-11-30-23(28)19-14(2)25-17-12-24(3,4)13-18(26)21(17)20(19)15-7-9-16(10-8-15)22(27)29-5/h7-10,20,25H,6,11-13H2,1-5H3/t20-/m1/s1. The van der Waals surface area contributed by atoms with Crippen LogP contribution in [0.3, 0.4) is 0 Å². The third-order valence-electron chi connectivity index (χ3n) is 5.56. The molecular formula is C24H29NO5. The summed E-state index contributed by atoms with van der Waals surface area (Å²) in [6.45, 7) is 8.23. The average molecular weight is 411 g/mol. The maximum absolute atomic E-state index is 13.2. The van der Waals surface area contributed by atoms with Gasteiger partial charge >= 0.3 is 11.9 Å². The number of ether oxygens (including phenoxy) is 2. The van der Waals surface area contributed by atoms with Crippen molar-refractivity contribution in [2.75, 3.05) is 13.7 Å². The van der Waals surface area contributed by atoms with E-state index in [4.69, 9.17) is 9.47 Å². The second-order valence-corrected chi connectivity index (χ2v) is 8.68. The van der Waals surface area contributed by atoms with E-state index in [0.29, 0.717) is 41.9 Å². The van der Waals surface area contributed by atoms with Gasteiger partial charge in [0.2, 0.25) is 0 Å². The number of methoxy groups -OCH3 is 1. The zero-order valence-corrected chi connectivity index (χ0v) is 18.3. The molecule has 30 heavy (non-hydrogen) atoms. The molecule has 0 saturated heterocycles. The molecule has 1 aliphatic carbocycles. The van der Waals surface area contributed by atoms with Crippen molar-refractivity contribution in [2.45, 2.75) is 52.9 Å². The lowest BCUT2D eigenvalue weighted by molar-refractivity contribution is -0.139. The number of carbonyl (C=O) groups excluding carboxylic acids is 3. The summed E-state index contributed by atoms with van der Waals surface area (Å²) in [5, 5.41) is 3.31. The van der Waals surface area contributed by atoms with Crippen LogP contribution in [-0.2, 0) is 19.1 Å². The number of ketones is 1. The molecule has 1 N–H and O–H groups in total. The summed E-state index contributed by atoms with van der Waals surface area (Å²) in [6.07, 6.45) is 1.85. The maximum Gasteiger partial charge on any atom is 0.337 e. The van der Waals surface area contributed by atoms with Gasteiger partial charge in [0, 0.05) is 29.3 Å². The van der Waals surface area contributed by atoms with Crippen LogP contribution in [0.5, 0.6) is 0 Å². The summed E-state index contributed by atoms with van der Waals surface area (Å²) in [6, 6.07) is 6.87. The van der Waals surface area contributed by atoms with Gasteiger partial charge in [-0.15, -0.1) is 0 Å². The molecule has 1 atom stereocenters. The molecule has 1 heterocycles. The van der Waals surface area contributed by atoms with Crippen LogP contribution in [0.1, 0.15) is 68.8 Å². The Balaban J connectivity index is 2.11. The number of nitrogens with one attached hydrogen (secondary N) is 1. The zero-order chi connectivity index (χ0) is 22.1. The van der Waals surface area contributed by atoms with Crippen LogP contribution in [0.25, 0.3) is 0 Å². The number of dihydropyridines is 1. The monoisotopic (exact) mass is 411 g/mol. The summed E-state index contributed by atoms with van der Waals surface area (Å²) in [5.74, 6) is -1.35. The Morgan fingerprint density at radius 3 is 2.40 bits per heavy atom. The average Bonchev–Trinajstić information content (AvgIpc) is 2.69. The van der Waals surface area contributed by atoms with E-state index in [-0.39, 0.29) is 11.2 Å².